The topological polar surface area (TPSA) is 50.8 Å². The molecule has 3 rings (SSSR count). The van der Waals surface area contributed by atoms with Gasteiger partial charge in [-0.25, -0.2) is 0 Å². The number of carbonyl (C=O) groups excluding carboxylic acids is 1. The standard InChI is InChI=1S/C17H24N2O3/c1-12(2)19-7-3-4-14(11-19)18-17(20)13-5-6-15-16(10-13)22-9-8-21-15/h5-6,10,12,14H,3-4,7-9,11H2,1-2H3,(H,18,20)/t14-/m1/s1. The number of hydrogen-bond donors (Lipinski definition) is 1. The molecule has 0 radical (unpaired) electrons. The Labute approximate surface area is 131 Å². The lowest BCUT2D eigenvalue weighted by Crippen LogP contribution is -2.49. The van der Waals surface area contributed by atoms with Crippen LogP contribution in [0.25, 0.3) is 0 Å². The Bertz CT molecular complexity index is 545. The Kier molecular flexibility index (Phi) is 4.52. The first-order valence-corrected chi connectivity index (χ1v) is 8.08. The molecule has 2 aliphatic heterocycles. The van der Waals surface area contributed by atoms with E-state index >= 15 is 0 Å². The molecule has 2 aliphatic rings. The molecule has 1 fully saturated rings. The van der Waals surface area contributed by atoms with Crippen molar-refractivity contribution in [3.63, 3.8) is 0 Å². The molecular formula is C17H24N2O3. The summed E-state index contributed by atoms with van der Waals surface area (Å²) in [5.41, 5.74) is 0.630. The molecule has 22 heavy (non-hydrogen) atoms. The van der Waals surface area contributed by atoms with Gasteiger partial charge in [-0.05, 0) is 51.4 Å². The molecule has 1 aromatic rings. The summed E-state index contributed by atoms with van der Waals surface area (Å²) < 4.78 is 11.0. The van der Waals surface area contributed by atoms with Crippen molar-refractivity contribution in [2.45, 2.75) is 38.8 Å². The lowest BCUT2D eigenvalue weighted by molar-refractivity contribution is 0.0885. The molecule has 2 heterocycles. The Hall–Kier alpha value is -1.75. The normalized spacial score (nSPS) is 21.7. The number of benzene rings is 1. The molecule has 1 atom stereocenters. The van der Waals surface area contributed by atoms with Crippen LogP contribution in [0.4, 0.5) is 0 Å². The van der Waals surface area contributed by atoms with Crippen LogP contribution in [0.5, 0.6) is 11.5 Å². The van der Waals surface area contributed by atoms with E-state index in [4.69, 9.17) is 9.47 Å². The first kappa shape index (κ1) is 15.2. The Morgan fingerprint density at radius 2 is 2.05 bits per heavy atom. The Morgan fingerprint density at radius 1 is 1.27 bits per heavy atom. The van der Waals surface area contributed by atoms with Gasteiger partial charge in [0.1, 0.15) is 13.2 Å². The second-order valence-corrected chi connectivity index (χ2v) is 6.26. The maximum atomic E-state index is 12.4. The van der Waals surface area contributed by atoms with E-state index in [1.807, 2.05) is 6.07 Å². The molecule has 1 aromatic carbocycles. The largest absolute Gasteiger partial charge is 0.486 e. The summed E-state index contributed by atoms with van der Waals surface area (Å²) >= 11 is 0. The molecule has 1 N–H and O–H groups in total. The molecule has 0 bridgehead atoms. The molecule has 0 aromatic heterocycles. The van der Waals surface area contributed by atoms with E-state index in [0.29, 0.717) is 36.3 Å². The van der Waals surface area contributed by atoms with Gasteiger partial charge >= 0.3 is 0 Å². The zero-order valence-electron chi connectivity index (χ0n) is 13.3. The fourth-order valence-corrected chi connectivity index (χ4v) is 3.05. The maximum absolute atomic E-state index is 12.4. The minimum Gasteiger partial charge on any atom is -0.486 e. The quantitative estimate of drug-likeness (QED) is 0.929. The van der Waals surface area contributed by atoms with Gasteiger partial charge in [-0.15, -0.1) is 0 Å². The van der Waals surface area contributed by atoms with Crippen LogP contribution in [-0.4, -0.2) is 49.2 Å². The fourth-order valence-electron chi connectivity index (χ4n) is 3.05. The Morgan fingerprint density at radius 3 is 2.82 bits per heavy atom. The molecule has 5 heteroatoms. The number of amides is 1. The van der Waals surface area contributed by atoms with Gasteiger partial charge < -0.3 is 14.8 Å². The van der Waals surface area contributed by atoms with Crippen molar-refractivity contribution < 1.29 is 14.3 Å². The van der Waals surface area contributed by atoms with Crippen LogP contribution in [0.3, 0.4) is 0 Å². The first-order chi connectivity index (χ1) is 10.6. The Balaban J connectivity index is 1.64. The van der Waals surface area contributed by atoms with Gasteiger partial charge in [0.2, 0.25) is 0 Å². The number of ether oxygens (including phenoxy) is 2. The summed E-state index contributed by atoms with van der Waals surface area (Å²) in [4.78, 5) is 14.9. The average molecular weight is 304 g/mol. The lowest BCUT2D eigenvalue weighted by Gasteiger charge is -2.35. The monoisotopic (exact) mass is 304 g/mol. The smallest absolute Gasteiger partial charge is 0.251 e. The molecule has 1 saturated heterocycles. The van der Waals surface area contributed by atoms with Crippen molar-refractivity contribution in [2.24, 2.45) is 0 Å². The van der Waals surface area contributed by atoms with E-state index in [9.17, 15) is 4.79 Å². The van der Waals surface area contributed by atoms with E-state index in [2.05, 4.69) is 24.1 Å². The SMILES string of the molecule is CC(C)N1CCC[C@@H](NC(=O)c2ccc3c(c2)OCCO3)C1. The highest BCUT2D eigenvalue weighted by Crippen LogP contribution is 2.30. The van der Waals surface area contributed by atoms with E-state index in [0.717, 1.165) is 25.9 Å². The summed E-state index contributed by atoms with van der Waals surface area (Å²) in [5, 5.41) is 3.15. The van der Waals surface area contributed by atoms with Crippen molar-refractivity contribution in [1.29, 1.82) is 0 Å². The maximum Gasteiger partial charge on any atom is 0.251 e. The van der Waals surface area contributed by atoms with Crippen LogP contribution >= 0.6 is 0 Å². The van der Waals surface area contributed by atoms with E-state index in [1.165, 1.54) is 0 Å². The molecule has 0 saturated carbocycles. The van der Waals surface area contributed by atoms with Crippen molar-refractivity contribution in [2.75, 3.05) is 26.3 Å². The van der Waals surface area contributed by atoms with Gasteiger partial charge in [-0.2, -0.15) is 0 Å². The highest BCUT2D eigenvalue weighted by Gasteiger charge is 2.24. The van der Waals surface area contributed by atoms with Gasteiger partial charge in [0.15, 0.2) is 11.5 Å². The molecule has 5 nitrogen and oxygen atoms in total. The highest BCUT2D eigenvalue weighted by atomic mass is 16.6. The first-order valence-electron chi connectivity index (χ1n) is 8.08. The summed E-state index contributed by atoms with van der Waals surface area (Å²) in [5.74, 6) is 1.34. The van der Waals surface area contributed by atoms with Crippen molar-refractivity contribution >= 4 is 5.91 Å². The van der Waals surface area contributed by atoms with Crippen LogP contribution < -0.4 is 14.8 Å². The van der Waals surface area contributed by atoms with Gasteiger partial charge in [-0.3, -0.25) is 9.69 Å². The zero-order valence-corrected chi connectivity index (χ0v) is 13.3. The minimum absolute atomic E-state index is 0.0346. The highest BCUT2D eigenvalue weighted by molar-refractivity contribution is 5.95. The molecule has 0 unspecified atom stereocenters. The molecule has 0 spiro atoms. The molecular weight excluding hydrogens is 280 g/mol. The van der Waals surface area contributed by atoms with E-state index in [1.54, 1.807) is 12.1 Å². The number of hydrogen-bond acceptors (Lipinski definition) is 4. The summed E-state index contributed by atoms with van der Waals surface area (Å²) in [6.07, 6.45) is 2.17. The average Bonchev–Trinajstić information content (AvgIpc) is 2.54. The number of fused-ring (bicyclic) bond motifs is 1. The van der Waals surface area contributed by atoms with Gasteiger partial charge in [0, 0.05) is 24.2 Å². The van der Waals surface area contributed by atoms with E-state index in [-0.39, 0.29) is 11.9 Å². The molecule has 120 valence electrons. The second kappa shape index (κ2) is 6.57. The third kappa shape index (κ3) is 3.35. The van der Waals surface area contributed by atoms with Crippen molar-refractivity contribution in [1.82, 2.24) is 10.2 Å². The van der Waals surface area contributed by atoms with Crippen LogP contribution in [0.2, 0.25) is 0 Å². The fraction of sp³-hybridized carbons (Fsp3) is 0.588. The van der Waals surface area contributed by atoms with Gasteiger partial charge in [0.25, 0.3) is 5.91 Å². The predicted octanol–water partition coefficient (Wildman–Crippen LogP) is 2.06. The van der Waals surface area contributed by atoms with Crippen LogP contribution in [-0.2, 0) is 0 Å². The number of nitrogens with one attached hydrogen (secondary N) is 1. The summed E-state index contributed by atoms with van der Waals surface area (Å²) in [6.45, 7) is 7.54. The predicted molar refractivity (Wildman–Crippen MR) is 84.6 cm³/mol. The van der Waals surface area contributed by atoms with Crippen LogP contribution in [0, 0.1) is 0 Å². The molecule has 0 aliphatic carbocycles. The number of nitrogens with zero attached hydrogens (tertiary/aromatic N) is 1. The molecule has 1 amide bonds. The number of rotatable bonds is 3. The number of likely N-dealkylation sites (tertiary alicyclic amines) is 1. The van der Waals surface area contributed by atoms with Crippen LogP contribution in [0.15, 0.2) is 18.2 Å². The van der Waals surface area contributed by atoms with Crippen molar-refractivity contribution in [3.05, 3.63) is 23.8 Å². The summed E-state index contributed by atoms with van der Waals surface area (Å²) in [6, 6.07) is 6.12. The second-order valence-electron chi connectivity index (χ2n) is 6.26. The van der Waals surface area contributed by atoms with Crippen LogP contribution in [0.1, 0.15) is 37.0 Å². The minimum atomic E-state index is -0.0346. The number of piperidine rings is 1. The third-order valence-corrected chi connectivity index (χ3v) is 4.32. The van der Waals surface area contributed by atoms with Gasteiger partial charge in [0.05, 0.1) is 0 Å². The van der Waals surface area contributed by atoms with Gasteiger partial charge in [-0.1, -0.05) is 0 Å². The zero-order chi connectivity index (χ0) is 15.5. The third-order valence-electron chi connectivity index (χ3n) is 4.32. The lowest BCUT2D eigenvalue weighted by atomic mass is 10.0. The summed E-state index contributed by atoms with van der Waals surface area (Å²) in [7, 11) is 0. The number of carbonyl (C=O) groups is 1. The van der Waals surface area contributed by atoms with Crippen molar-refractivity contribution in [3.8, 4) is 11.5 Å². The van der Waals surface area contributed by atoms with E-state index < -0.39 is 0 Å².